The largest absolute Gasteiger partial charge is 0.335 e. The number of carbonyl (C=O) groups excluding carboxylic acids is 2. The maximum Gasteiger partial charge on any atom is 0.255 e. The minimum atomic E-state index is -0.263. The van der Waals surface area contributed by atoms with Gasteiger partial charge in [-0.25, -0.2) is 0 Å². The van der Waals surface area contributed by atoms with Crippen molar-refractivity contribution in [2.24, 2.45) is 0 Å². The van der Waals surface area contributed by atoms with E-state index in [4.69, 9.17) is 0 Å². The van der Waals surface area contributed by atoms with Crippen LogP contribution in [0.15, 0.2) is 61.4 Å². The molecule has 0 radical (unpaired) electrons. The Labute approximate surface area is 135 Å². The molecule has 1 aromatic heterocycles. The van der Waals surface area contributed by atoms with Crippen LogP contribution in [0.4, 0.5) is 5.69 Å². The quantitative estimate of drug-likeness (QED) is 0.835. The lowest BCUT2D eigenvalue weighted by molar-refractivity contribution is -0.111. The number of hydrogen-bond donors (Lipinski definition) is 1. The summed E-state index contributed by atoms with van der Waals surface area (Å²) < 4.78 is 0. The number of nitrogens with one attached hydrogen (secondary N) is 1. The SMILES string of the molecule is C=CC(=O)Nc1cccc(CN(CC)C(=O)c2cccnc2)c1. The molecule has 1 aromatic carbocycles. The Bertz CT molecular complexity index is 698. The predicted molar refractivity (Wildman–Crippen MR) is 89.9 cm³/mol. The van der Waals surface area contributed by atoms with E-state index in [2.05, 4.69) is 16.9 Å². The van der Waals surface area contributed by atoms with Crippen LogP contribution < -0.4 is 5.32 Å². The number of hydrogen-bond acceptors (Lipinski definition) is 3. The summed E-state index contributed by atoms with van der Waals surface area (Å²) in [5, 5.41) is 2.71. The van der Waals surface area contributed by atoms with Gasteiger partial charge in [-0.15, -0.1) is 0 Å². The zero-order valence-corrected chi connectivity index (χ0v) is 13.0. The molecule has 0 fully saturated rings. The summed E-state index contributed by atoms with van der Waals surface area (Å²) in [6.45, 7) is 6.40. The van der Waals surface area contributed by atoms with E-state index >= 15 is 0 Å². The molecule has 0 aliphatic heterocycles. The smallest absolute Gasteiger partial charge is 0.255 e. The molecule has 0 aliphatic rings. The Balaban J connectivity index is 2.12. The second-order valence-electron chi connectivity index (χ2n) is 4.95. The van der Waals surface area contributed by atoms with Crippen molar-refractivity contribution in [3.05, 3.63) is 72.6 Å². The molecule has 0 spiro atoms. The van der Waals surface area contributed by atoms with E-state index < -0.39 is 0 Å². The van der Waals surface area contributed by atoms with Crippen molar-refractivity contribution in [3.63, 3.8) is 0 Å². The average Bonchev–Trinajstić information content (AvgIpc) is 2.60. The van der Waals surface area contributed by atoms with Crippen molar-refractivity contribution in [2.75, 3.05) is 11.9 Å². The molecule has 1 N–H and O–H groups in total. The molecule has 23 heavy (non-hydrogen) atoms. The van der Waals surface area contributed by atoms with E-state index in [1.807, 2.05) is 25.1 Å². The Hall–Kier alpha value is -2.95. The Kier molecular flexibility index (Phi) is 5.63. The Morgan fingerprint density at radius 2 is 2.13 bits per heavy atom. The third-order valence-electron chi connectivity index (χ3n) is 3.33. The van der Waals surface area contributed by atoms with Crippen LogP contribution in [-0.2, 0) is 11.3 Å². The lowest BCUT2D eigenvalue weighted by Crippen LogP contribution is -2.30. The first kappa shape index (κ1) is 16.4. The van der Waals surface area contributed by atoms with Crippen LogP contribution in [0.25, 0.3) is 0 Å². The van der Waals surface area contributed by atoms with Crippen molar-refractivity contribution in [1.29, 1.82) is 0 Å². The van der Waals surface area contributed by atoms with E-state index in [-0.39, 0.29) is 11.8 Å². The van der Waals surface area contributed by atoms with Crippen molar-refractivity contribution in [3.8, 4) is 0 Å². The predicted octanol–water partition coefficient (Wildman–Crippen LogP) is 2.87. The van der Waals surface area contributed by atoms with E-state index in [9.17, 15) is 9.59 Å². The second-order valence-corrected chi connectivity index (χ2v) is 4.95. The lowest BCUT2D eigenvalue weighted by atomic mass is 10.1. The van der Waals surface area contributed by atoms with Crippen LogP contribution in [0.3, 0.4) is 0 Å². The van der Waals surface area contributed by atoms with Gasteiger partial charge in [-0.05, 0) is 42.8 Å². The molecule has 2 rings (SSSR count). The number of carbonyl (C=O) groups is 2. The van der Waals surface area contributed by atoms with Gasteiger partial charge in [-0.2, -0.15) is 0 Å². The third kappa shape index (κ3) is 4.51. The molecule has 0 aliphatic carbocycles. The number of amides is 2. The van der Waals surface area contributed by atoms with Crippen molar-refractivity contribution in [2.45, 2.75) is 13.5 Å². The van der Waals surface area contributed by atoms with Crippen LogP contribution in [0.1, 0.15) is 22.8 Å². The third-order valence-corrected chi connectivity index (χ3v) is 3.33. The Morgan fingerprint density at radius 3 is 2.78 bits per heavy atom. The minimum Gasteiger partial charge on any atom is -0.335 e. The number of benzene rings is 1. The number of anilines is 1. The minimum absolute atomic E-state index is 0.0684. The highest BCUT2D eigenvalue weighted by Gasteiger charge is 2.14. The summed E-state index contributed by atoms with van der Waals surface area (Å²) in [6.07, 6.45) is 4.42. The topological polar surface area (TPSA) is 62.3 Å². The van der Waals surface area contributed by atoms with Gasteiger partial charge >= 0.3 is 0 Å². The summed E-state index contributed by atoms with van der Waals surface area (Å²) in [4.78, 5) is 29.6. The first-order valence-electron chi connectivity index (χ1n) is 7.35. The number of nitrogens with zero attached hydrogens (tertiary/aromatic N) is 2. The van der Waals surface area contributed by atoms with E-state index in [0.717, 1.165) is 5.56 Å². The fraction of sp³-hybridized carbons (Fsp3) is 0.167. The zero-order valence-electron chi connectivity index (χ0n) is 13.0. The summed E-state index contributed by atoms with van der Waals surface area (Å²) in [7, 11) is 0. The van der Waals surface area contributed by atoms with Gasteiger partial charge < -0.3 is 10.2 Å². The average molecular weight is 309 g/mol. The van der Waals surface area contributed by atoms with E-state index in [1.54, 1.807) is 35.5 Å². The molecule has 0 saturated heterocycles. The fourth-order valence-electron chi connectivity index (χ4n) is 2.16. The first-order valence-corrected chi connectivity index (χ1v) is 7.35. The molecule has 1 heterocycles. The molecule has 0 unspecified atom stereocenters. The summed E-state index contributed by atoms with van der Waals surface area (Å²) in [6, 6.07) is 10.9. The van der Waals surface area contributed by atoms with Gasteiger partial charge in [0.2, 0.25) is 5.91 Å². The fourth-order valence-corrected chi connectivity index (χ4v) is 2.16. The zero-order chi connectivity index (χ0) is 16.7. The summed E-state index contributed by atoms with van der Waals surface area (Å²) in [5.41, 5.74) is 2.17. The molecule has 5 nitrogen and oxygen atoms in total. The van der Waals surface area contributed by atoms with Crippen LogP contribution in [0, 0.1) is 0 Å². The van der Waals surface area contributed by atoms with Crippen molar-refractivity contribution >= 4 is 17.5 Å². The number of aromatic nitrogens is 1. The molecular weight excluding hydrogens is 290 g/mol. The second kappa shape index (κ2) is 7.89. The van der Waals surface area contributed by atoms with Gasteiger partial charge in [0, 0.05) is 31.2 Å². The van der Waals surface area contributed by atoms with Crippen LogP contribution in [-0.4, -0.2) is 28.2 Å². The number of rotatable bonds is 6. The molecule has 2 aromatic rings. The molecule has 0 saturated carbocycles. The van der Waals surface area contributed by atoms with Gasteiger partial charge in [-0.1, -0.05) is 18.7 Å². The molecular formula is C18H19N3O2. The maximum absolute atomic E-state index is 12.5. The molecule has 2 amide bonds. The molecule has 0 bridgehead atoms. The van der Waals surface area contributed by atoms with Gasteiger partial charge in [0.25, 0.3) is 5.91 Å². The lowest BCUT2D eigenvalue weighted by Gasteiger charge is -2.21. The van der Waals surface area contributed by atoms with Gasteiger partial charge in [-0.3, -0.25) is 14.6 Å². The van der Waals surface area contributed by atoms with E-state index in [1.165, 1.54) is 6.08 Å². The van der Waals surface area contributed by atoms with E-state index in [0.29, 0.717) is 24.3 Å². The van der Waals surface area contributed by atoms with Crippen LogP contribution in [0.5, 0.6) is 0 Å². The monoisotopic (exact) mass is 309 g/mol. The Morgan fingerprint density at radius 1 is 1.30 bits per heavy atom. The van der Waals surface area contributed by atoms with Gasteiger partial charge in [0.05, 0.1) is 5.56 Å². The highest BCUT2D eigenvalue weighted by Crippen LogP contribution is 2.14. The molecule has 5 heteroatoms. The van der Waals surface area contributed by atoms with Crippen LogP contribution >= 0.6 is 0 Å². The highest BCUT2D eigenvalue weighted by molar-refractivity contribution is 5.98. The molecule has 118 valence electrons. The normalized spacial score (nSPS) is 9.96. The van der Waals surface area contributed by atoms with Crippen molar-refractivity contribution < 1.29 is 9.59 Å². The van der Waals surface area contributed by atoms with Gasteiger partial charge in [0.1, 0.15) is 0 Å². The standard InChI is InChI=1S/C18H19N3O2/c1-3-17(22)20-16-9-5-7-14(11-16)13-21(4-2)18(23)15-8-6-10-19-12-15/h3,5-12H,1,4,13H2,2H3,(H,20,22). The molecule has 0 atom stereocenters. The summed E-state index contributed by atoms with van der Waals surface area (Å²) >= 11 is 0. The van der Waals surface area contributed by atoms with Gasteiger partial charge in [0.15, 0.2) is 0 Å². The first-order chi connectivity index (χ1) is 11.1. The van der Waals surface area contributed by atoms with Crippen LogP contribution in [0.2, 0.25) is 0 Å². The number of pyridine rings is 1. The summed E-state index contributed by atoms with van der Waals surface area (Å²) in [5.74, 6) is -0.331. The maximum atomic E-state index is 12.5. The highest BCUT2D eigenvalue weighted by atomic mass is 16.2. The van der Waals surface area contributed by atoms with Crippen molar-refractivity contribution in [1.82, 2.24) is 9.88 Å².